The van der Waals surface area contributed by atoms with Gasteiger partial charge in [-0.25, -0.2) is 4.90 Å². The Hall–Kier alpha value is -3.40. The minimum absolute atomic E-state index is 0.00804. The predicted octanol–water partition coefficient (Wildman–Crippen LogP) is 2.68. The molecule has 0 aromatic heterocycles. The fourth-order valence-corrected chi connectivity index (χ4v) is 3.75. The number of nitrogens with zero attached hydrogens (tertiary/aromatic N) is 4. The molecule has 146 valence electrons. The normalized spacial score (nSPS) is 20.7. The molecule has 0 aliphatic carbocycles. The molecule has 2 aliphatic rings. The number of hydrogen-bond acceptors (Lipinski definition) is 7. The van der Waals surface area contributed by atoms with Crippen LogP contribution in [0.4, 0.5) is 17.1 Å². The van der Waals surface area contributed by atoms with Gasteiger partial charge in [0.1, 0.15) is 17.7 Å². The lowest BCUT2D eigenvalue weighted by Crippen LogP contribution is -2.39. The summed E-state index contributed by atoms with van der Waals surface area (Å²) in [4.78, 5) is 49.7. The molecule has 9 nitrogen and oxygen atoms in total. The van der Waals surface area contributed by atoms with E-state index in [1.807, 2.05) is 0 Å². The fourth-order valence-electron chi connectivity index (χ4n) is 3.49. The highest BCUT2D eigenvalue weighted by Gasteiger charge is 2.58. The first-order valence-corrected chi connectivity index (χ1v) is 9.35. The Labute approximate surface area is 172 Å². The number of carbonyl (C=O) groups excluding carboxylic acids is 3. The first-order chi connectivity index (χ1) is 13.8. The standard InChI is InChI=1S/C19H13BrN4O5/c1-10(25)16-15-17(23(21-16)13-6-8-14(9-7-13)24(28)29)19(27)22(18(15)26)12-4-2-11(20)3-5-12/h2-9,15,17H,1H3/t15-,17+/m0/s1. The van der Waals surface area contributed by atoms with Crippen LogP contribution in [0.25, 0.3) is 0 Å². The number of fused-ring (bicyclic) bond motifs is 1. The van der Waals surface area contributed by atoms with Crippen molar-refractivity contribution in [3.05, 3.63) is 63.1 Å². The van der Waals surface area contributed by atoms with Crippen LogP contribution >= 0.6 is 15.9 Å². The summed E-state index contributed by atoms with van der Waals surface area (Å²) in [5.74, 6) is -2.48. The first-order valence-electron chi connectivity index (χ1n) is 8.56. The number of hydrazone groups is 1. The number of anilines is 2. The average Bonchev–Trinajstić information content (AvgIpc) is 3.20. The van der Waals surface area contributed by atoms with Gasteiger partial charge in [0.15, 0.2) is 5.78 Å². The summed E-state index contributed by atoms with van der Waals surface area (Å²) in [7, 11) is 0. The van der Waals surface area contributed by atoms with E-state index in [2.05, 4.69) is 21.0 Å². The SMILES string of the molecule is CC(=O)C1=NN(c2ccc([N+](=O)[O-])cc2)[C@H]2C(=O)N(c3ccc(Br)cc3)C(=O)[C@@H]12. The molecule has 0 unspecified atom stereocenters. The fraction of sp³-hybridized carbons (Fsp3) is 0.158. The maximum Gasteiger partial charge on any atom is 0.269 e. The number of imide groups is 1. The van der Waals surface area contributed by atoms with E-state index >= 15 is 0 Å². The van der Waals surface area contributed by atoms with Crippen molar-refractivity contribution >= 4 is 56.3 Å². The van der Waals surface area contributed by atoms with Crippen molar-refractivity contribution in [3.8, 4) is 0 Å². The van der Waals surface area contributed by atoms with Gasteiger partial charge in [-0.1, -0.05) is 15.9 Å². The molecule has 2 aromatic rings. The molecule has 0 spiro atoms. The van der Waals surface area contributed by atoms with Crippen molar-refractivity contribution in [1.82, 2.24) is 0 Å². The number of hydrogen-bond donors (Lipinski definition) is 0. The van der Waals surface area contributed by atoms with E-state index in [9.17, 15) is 24.5 Å². The molecule has 0 saturated carbocycles. The molecule has 1 saturated heterocycles. The van der Waals surface area contributed by atoms with Gasteiger partial charge in [-0.15, -0.1) is 0 Å². The van der Waals surface area contributed by atoms with Crippen molar-refractivity contribution in [2.75, 3.05) is 9.91 Å². The van der Waals surface area contributed by atoms with Gasteiger partial charge in [0.05, 0.1) is 16.3 Å². The van der Waals surface area contributed by atoms with Crippen LogP contribution in [0, 0.1) is 16.0 Å². The molecule has 29 heavy (non-hydrogen) atoms. The van der Waals surface area contributed by atoms with Crippen molar-refractivity contribution < 1.29 is 19.3 Å². The quantitative estimate of drug-likeness (QED) is 0.396. The Balaban J connectivity index is 1.76. The monoisotopic (exact) mass is 456 g/mol. The summed E-state index contributed by atoms with van der Waals surface area (Å²) in [6.07, 6.45) is 0. The molecule has 4 rings (SSSR count). The number of amides is 2. The molecule has 1 fully saturated rings. The summed E-state index contributed by atoms with van der Waals surface area (Å²) < 4.78 is 0.791. The number of benzene rings is 2. The summed E-state index contributed by atoms with van der Waals surface area (Å²) in [6, 6.07) is 11.1. The second-order valence-corrected chi connectivity index (χ2v) is 7.49. The van der Waals surface area contributed by atoms with Crippen LogP contribution in [0.1, 0.15) is 6.92 Å². The number of rotatable bonds is 4. The van der Waals surface area contributed by atoms with Crippen LogP contribution in [-0.2, 0) is 14.4 Å². The largest absolute Gasteiger partial charge is 0.293 e. The molecule has 10 heteroatoms. The lowest BCUT2D eigenvalue weighted by Gasteiger charge is -2.22. The maximum absolute atomic E-state index is 13.2. The molecule has 2 atom stereocenters. The summed E-state index contributed by atoms with van der Waals surface area (Å²) in [5.41, 5.74) is 0.640. The van der Waals surface area contributed by atoms with Crippen LogP contribution in [0.5, 0.6) is 0 Å². The lowest BCUT2D eigenvalue weighted by atomic mass is 9.95. The van der Waals surface area contributed by atoms with Crippen LogP contribution in [0.3, 0.4) is 0 Å². The number of nitro groups is 1. The van der Waals surface area contributed by atoms with Gasteiger partial charge >= 0.3 is 0 Å². The van der Waals surface area contributed by atoms with Crippen molar-refractivity contribution in [1.29, 1.82) is 0 Å². The lowest BCUT2D eigenvalue weighted by molar-refractivity contribution is -0.384. The summed E-state index contributed by atoms with van der Waals surface area (Å²) in [5, 5.41) is 16.4. The summed E-state index contributed by atoms with van der Waals surface area (Å²) in [6.45, 7) is 1.29. The van der Waals surface area contributed by atoms with Crippen molar-refractivity contribution in [2.24, 2.45) is 11.0 Å². The Morgan fingerprint density at radius 1 is 1.03 bits per heavy atom. The van der Waals surface area contributed by atoms with E-state index in [-0.39, 0.29) is 11.4 Å². The molecule has 0 N–H and O–H groups in total. The molecule has 0 bridgehead atoms. The molecule has 2 aromatic carbocycles. The summed E-state index contributed by atoms with van der Waals surface area (Å²) >= 11 is 3.31. The molecule has 2 aliphatic heterocycles. The van der Waals surface area contributed by atoms with Crippen LogP contribution in [0.2, 0.25) is 0 Å². The Morgan fingerprint density at radius 3 is 2.17 bits per heavy atom. The smallest absolute Gasteiger partial charge is 0.269 e. The Morgan fingerprint density at radius 2 is 1.62 bits per heavy atom. The third-order valence-electron chi connectivity index (χ3n) is 4.82. The number of carbonyl (C=O) groups is 3. The first kappa shape index (κ1) is 18.9. The van der Waals surface area contributed by atoms with Gasteiger partial charge in [-0.2, -0.15) is 5.10 Å². The highest BCUT2D eigenvalue weighted by atomic mass is 79.9. The minimum atomic E-state index is -1.03. The Kier molecular flexibility index (Phi) is 4.50. The Bertz CT molecular complexity index is 1080. The van der Waals surface area contributed by atoms with E-state index in [0.717, 1.165) is 9.37 Å². The molecule has 2 amide bonds. The number of ketones is 1. The zero-order valence-corrected chi connectivity index (χ0v) is 16.6. The number of nitro benzene ring substituents is 1. The molecular weight excluding hydrogens is 444 g/mol. The van der Waals surface area contributed by atoms with E-state index in [4.69, 9.17) is 0 Å². The van der Waals surface area contributed by atoms with Gasteiger partial charge in [0, 0.05) is 23.5 Å². The van der Waals surface area contributed by atoms with Crippen LogP contribution in [-0.4, -0.2) is 34.3 Å². The van der Waals surface area contributed by atoms with E-state index in [1.165, 1.54) is 36.2 Å². The van der Waals surface area contributed by atoms with Crippen molar-refractivity contribution in [2.45, 2.75) is 13.0 Å². The molecule has 2 heterocycles. The van der Waals surface area contributed by atoms with E-state index in [1.54, 1.807) is 24.3 Å². The van der Waals surface area contributed by atoms with Gasteiger partial charge in [0.2, 0.25) is 5.91 Å². The predicted molar refractivity (Wildman–Crippen MR) is 108 cm³/mol. The zero-order chi connectivity index (χ0) is 20.9. The highest BCUT2D eigenvalue weighted by molar-refractivity contribution is 9.10. The number of Topliss-reactive ketones (excluding diaryl/α,β-unsaturated/α-hetero) is 1. The topological polar surface area (TPSA) is 113 Å². The zero-order valence-electron chi connectivity index (χ0n) is 15.0. The second-order valence-electron chi connectivity index (χ2n) is 6.57. The van der Waals surface area contributed by atoms with Crippen LogP contribution < -0.4 is 9.91 Å². The minimum Gasteiger partial charge on any atom is -0.293 e. The second kappa shape index (κ2) is 6.89. The van der Waals surface area contributed by atoms with Gasteiger partial charge < -0.3 is 0 Å². The highest BCUT2D eigenvalue weighted by Crippen LogP contribution is 2.38. The van der Waals surface area contributed by atoms with Gasteiger partial charge in [-0.3, -0.25) is 29.5 Å². The average molecular weight is 457 g/mol. The number of halogens is 1. The van der Waals surface area contributed by atoms with Crippen molar-refractivity contribution in [3.63, 3.8) is 0 Å². The third kappa shape index (κ3) is 3.01. The molecular formula is C19H13BrN4O5. The van der Waals surface area contributed by atoms with E-state index < -0.39 is 34.5 Å². The van der Waals surface area contributed by atoms with E-state index in [0.29, 0.717) is 11.4 Å². The van der Waals surface area contributed by atoms with Gasteiger partial charge in [-0.05, 0) is 36.4 Å². The molecule has 0 radical (unpaired) electrons. The van der Waals surface area contributed by atoms with Crippen LogP contribution in [0.15, 0.2) is 58.1 Å². The van der Waals surface area contributed by atoms with Gasteiger partial charge in [0.25, 0.3) is 11.6 Å². The number of non-ortho nitro benzene ring substituents is 1. The third-order valence-corrected chi connectivity index (χ3v) is 5.35. The maximum atomic E-state index is 13.2.